The minimum Gasteiger partial charge on any atom is -0.480 e. The highest BCUT2D eigenvalue weighted by molar-refractivity contribution is 5.77. The Morgan fingerprint density at radius 1 is 1.50 bits per heavy atom. The number of imidazole rings is 1. The molecule has 0 amide bonds. The predicted molar refractivity (Wildman–Crippen MR) is 77.7 cm³/mol. The van der Waals surface area contributed by atoms with Gasteiger partial charge in [0.1, 0.15) is 11.2 Å². The number of aromatic nitrogens is 2. The van der Waals surface area contributed by atoms with Crippen LogP contribution < -0.4 is 0 Å². The van der Waals surface area contributed by atoms with Crippen LogP contribution in [0, 0.1) is 6.92 Å². The topological polar surface area (TPSA) is 57.8 Å². The van der Waals surface area contributed by atoms with E-state index in [1.54, 1.807) is 13.8 Å². The molecule has 5 heteroatoms. The average molecular weight is 275 g/mol. The van der Waals surface area contributed by atoms with Crippen molar-refractivity contribution in [3.63, 3.8) is 0 Å². The highest BCUT2D eigenvalue weighted by Gasteiger charge is 2.33. The lowest BCUT2D eigenvalue weighted by Gasteiger charge is -2.33. The second-order valence-electron chi connectivity index (χ2n) is 5.53. The van der Waals surface area contributed by atoms with E-state index in [-0.39, 0.29) is 0 Å². The largest absolute Gasteiger partial charge is 0.480 e. The van der Waals surface area contributed by atoms with Gasteiger partial charge in [0.15, 0.2) is 0 Å². The maximum atomic E-state index is 11.4. The van der Waals surface area contributed by atoms with Crippen LogP contribution in [-0.2, 0) is 11.3 Å². The molecule has 0 bridgehead atoms. The van der Waals surface area contributed by atoms with Crippen molar-refractivity contribution in [2.45, 2.75) is 39.8 Å². The lowest BCUT2D eigenvalue weighted by atomic mass is 10.0. The monoisotopic (exact) mass is 275 g/mol. The number of hydrogen-bond acceptors (Lipinski definition) is 3. The van der Waals surface area contributed by atoms with Gasteiger partial charge in [0.05, 0.1) is 5.69 Å². The zero-order valence-corrected chi connectivity index (χ0v) is 12.4. The smallest absolute Gasteiger partial charge is 0.323 e. The van der Waals surface area contributed by atoms with E-state index in [1.807, 2.05) is 47.7 Å². The lowest BCUT2D eigenvalue weighted by molar-refractivity contribution is -0.149. The number of pyridine rings is 1. The van der Waals surface area contributed by atoms with E-state index in [0.29, 0.717) is 13.1 Å². The molecular formula is C15H21N3O2. The third kappa shape index (κ3) is 2.54. The number of likely N-dealkylation sites (N-methyl/N-ethyl adjacent to an activating group) is 1. The van der Waals surface area contributed by atoms with Crippen molar-refractivity contribution < 1.29 is 9.90 Å². The second kappa shape index (κ2) is 5.25. The van der Waals surface area contributed by atoms with Crippen LogP contribution in [0.1, 0.15) is 32.0 Å². The highest BCUT2D eigenvalue weighted by atomic mass is 16.4. The molecule has 2 heterocycles. The summed E-state index contributed by atoms with van der Waals surface area (Å²) in [7, 11) is 0. The van der Waals surface area contributed by atoms with Crippen LogP contribution in [0.5, 0.6) is 0 Å². The number of aryl methyl sites for hydroxylation is 1. The molecule has 0 aromatic carbocycles. The number of nitrogens with zero attached hydrogens (tertiary/aromatic N) is 3. The number of fused-ring (bicyclic) bond motifs is 1. The molecule has 108 valence electrons. The van der Waals surface area contributed by atoms with Crippen LogP contribution in [0.3, 0.4) is 0 Å². The van der Waals surface area contributed by atoms with Crippen molar-refractivity contribution in [2.75, 3.05) is 6.54 Å². The van der Waals surface area contributed by atoms with E-state index in [0.717, 1.165) is 16.9 Å². The molecular weight excluding hydrogens is 254 g/mol. The summed E-state index contributed by atoms with van der Waals surface area (Å²) in [5.74, 6) is -0.820. The van der Waals surface area contributed by atoms with Crippen LogP contribution in [0.25, 0.3) is 5.65 Å². The first-order valence-corrected chi connectivity index (χ1v) is 6.78. The Balaban J connectivity index is 2.31. The summed E-state index contributed by atoms with van der Waals surface area (Å²) >= 11 is 0. The second-order valence-corrected chi connectivity index (χ2v) is 5.53. The fourth-order valence-electron chi connectivity index (χ4n) is 2.32. The van der Waals surface area contributed by atoms with E-state index in [4.69, 9.17) is 0 Å². The minimum atomic E-state index is -0.903. The van der Waals surface area contributed by atoms with Crippen molar-refractivity contribution in [1.29, 1.82) is 0 Å². The quantitative estimate of drug-likeness (QED) is 0.910. The van der Waals surface area contributed by atoms with Crippen molar-refractivity contribution >= 4 is 11.6 Å². The van der Waals surface area contributed by atoms with Gasteiger partial charge in [-0.2, -0.15) is 0 Å². The first-order chi connectivity index (χ1) is 9.36. The Kier molecular flexibility index (Phi) is 3.81. The molecule has 0 spiro atoms. The zero-order valence-electron chi connectivity index (χ0n) is 12.4. The maximum absolute atomic E-state index is 11.4. The first kappa shape index (κ1) is 14.5. The number of aliphatic carboxylic acids is 1. The molecule has 0 atom stereocenters. The van der Waals surface area contributed by atoms with Crippen LogP contribution in [0.2, 0.25) is 0 Å². The summed E-state index contributed by atoms with van der Waals surface area (Å²) in [6.45, 7) is 8.61. The van der Waals surface area contributed by atoms with Gasteiger partial charge in [-0.3, -0.25) is 9.69 Å². The van der Waals surface area contributed by atoms with Gasteiger partial charge in [-0.1, -0.05) is 13.0 Å². The number of carbonyl (C=O) groups is 1. The molecule has 0 fully saturated rings. The van der Waals surface area contributed by atoms with E-state index >= 15 is 0 Å². The van der Waals surface area contributed by atoms with Crippen molar-refractivity contribution in [3.8, 4) is 0 Å². The summed E-state index contributed by atoms with van der Waals surface area (Å²) in [6.07, 6.45) is 3.92. The Hall–Kier alpha value is -1.88. The molecule has 0 saturated heterocycles. The van der Waals surface area contributed by atoms with Crippen molar-refractivity contribution in [1.82, 2.24) is 14.3 Å². The zero-order chi connectivity index (χ0) is 14.9. The van der Waals surface area contributed by atoms with Gasteiger partial charge in [0.2, 0.25) is 0 Å². The molecule has 2 rings (SSSR count). The SMILES string of the molecule is CCN(Cc1cn2cccc(C)c2n1)C(C)(C)C(=O)O. The molecule has 1 N–H and O–H groups in total. The minimum absolute atomic E-state index is 0.525. The fraction of sp³-hybridized carbons (Fsp3) is 0.467. The Bertz CT molecular complexity index is 631. The third-order valence-corrected chi connectivity index (χ3v) is 3.78. The van der Waals surface area contributed by atoms with E-state index in [1.165, 1.54) is 0 Å². The van der Waals surface area contributed by atoms with Gasteiger partial charge in [-0.15, -0.1) is 0 Å². The van der Waals surface area contributed by atoms with Gasteiger partial charge in [0.25, 0.3) is 0 Å². The van der Waals surface area contributed by atoms with Crippen LogP contribution in [0.4, 0.5) is 0 Å². The maximum Gasteiger partial charge on any atom is 0.323 e. The molecule has 2 aromatic heterocycles. The third-order valence-electron chi connectivity index (χ3n) is 3.78. The summed E-state index contributed by atoms with van der Waals surface area (Å²) in [4.78, 5) is 17.9. The standard InChI is InChI=1S/C15H21N3O2/c1-5-18(15(3,4)14(19)20)10-12-9-17-8-6-7-11(2)13(17)16-12/h6-9H,5,10H2,1-4H3,(H,19,20). The number of rotatable bonds is 5. The summed E-state index contributed by atoms with van der Waals surface area (Å²) < 4.78 is 1.98. The molecule has 2 aromatic rings. The molecule has 0 unspecified atom stereocenters. The Labute approximate surface area is 118 Å². The van der Waals surface area contributed by atoms with E-state index in [2.05, 4.69) is 4.98 Å². The van der Waals surface area contributed by atoms with Crippen LogP contribution >= 0.6 is 0 Å². The molecule has 0 aliphatic rings. The molecule has 5 nitrogen and oxygen atoms in total. The highest BCUT2D eigenvalue weighted by Crippen LogP contribution is 2.19. The van der Waals surface area contributed by atoms with Gasteiger partial charge < -0.3 is 9.51 Å². The van der Waals surface area contributed by atoms with E-state index < -0.39 is 11.5 Å². The van der Waals surface area contributed by atoms with Crippen LogP contribution in [-0.4, -0.2) is 37.4 Å². The summed E-state index contributed by atoms with van der Waals surface area (Å²) in [5, 5.41) is 9.34. The molecule has 0 aliphatic carbocycles. The fourth-order valence-corrected chi connectivity index (χ4v) is 2.32. The first-order valence-electron chi connectivity index (χ1n) is 6.78. The summed E-state index contributed by atoms with van der Waals surface area (Å²) in [6, 6.07) is 4.00. The van der Waals surface area contributed by atoms with Gasteiger partial charge in [0, 0.05) is 18.9 Å². The van der Waals surface area contributed by atoms with Crippen molar-refractivity contribution in [3.05, 3.63) is 35.8 Å². The van der Waals surface area contributed by atoms with Gasteiger partial charge >= 0.3 is 5.97 Å². The summed E-state index contributed by atoms with van der Waals surface area (Å²) in [5.41, 5.74) is 2.01. The van der Waals surface area contributed by atoms with Gasteiger partial charge in [-0.05, 0) is 38.9 Å². The number of hydrogen-bond donors (Lipinski definition) is 1. The van der Waals surface area contributed by atoms with E-state index in [9.17, 15) is 9.90 Å². The Morgan fingerprint density at radius 3 is 2.75 bits per heavy atom. The Morgan fingerprint density at radius 2 is 2.20 bits per heavy atom. The molecule has 20 heavy (non-hydrogen) atoms. The van der Waals surface area contributed by atoms with Gasteiger partial charge in [-0.25, -0.2) is 4.98 Å². The molecule has 0 saturated carbocycles. The molecule has 0 aliphatic heterocycles. The average Bonchev–Trinajstić information content (AvgIpc) is 2.79. The van der Waals surface area contributed by atoms with Crippen LogP contribution in [0.15, 0.2) is 24.5 Å². The predicted octanol–water partition coefficient (Wildman–Crippen LogP) is 2.33. The molecule has 0 radical (unpaired) electrons. The van der Waals surface area contributed by atoms with Crippen molar-refractivity contribution in [2.24, 2.45) is 0 Å². The number of carboxylic acids is 1. The lowest BCUT2D eigenvalue weighted by Crippen LogP contribution is -2.49. The normalized spacial score (nSPS) is 12.2. The number of carboxylic acid groups (broad SMARTS) is 1.